The summed E-state index contributed by atoms with van der Waals surface area (Å²) in [4.78, 5) is 13.4. The lowest BCUT2D eigenvalue weighted by Crippen LogP contribution is -2.29. The number of anilines is 1. The average molecular weight is 384 g/mol. The van der Waals surface area contributed by atoms with E-state index >= 15 is 0 Å². The van der Waals surface area contributed by atoms with E-state index in [4.69, 9.17) is 12.2 Å². The van der Waals surface area contributed by atoms with Crippen molar-refractivity contribution < 1.29 is 4.79 Å². The van der Waals surface area contributed by atoms with Crippen LogP contribution in [0.1, 0.15) is 47.7 Å². The summed E-state index contributed by atoms with van der Waals surface area (Å²) in [5, 5.41) is 6.98. The molecule has 27 heavy (non-hydrogen) atoms. The number of benzene rings is 2. The molecule has 0 radical (unpaired) electrons. The van der Waals surface area contributed by atoms with Crippen LogP contribution in [0.3, 0.4) is 0 Å². The molecule has 0 spiro atoms. The van der Waals surface area contributed by atoms with Gasteiger partial charge in [-0.25, -0.2) is 0 Å². The summed E-state index contributed by atoms with van der Waals surface area (Å²) in [6, 6.07) is 16.2. The predicted molar refractivity (Wildman–Crippen MR) is 118 cm³/mol. The number of carbonyl (C=O) groups is 1. The monoisotopic (exact) mass is 383 g/mol. The Balaban J connectivity index is 1.72. The van der Waals surface area contributed by atoms with Crippen molar-refractivity contribution >= 4 is 28.9 Å². The molecule has 0 saturated carbocycles. The standard InChI is InChI=1S/C22H29N3OS/c1-16(2)18-9-7-17(8-10-18)6-5-15-23-22(27)24-20-13-11-19(12-14-20)21(26)25(3)4/h7-14,16H,5-6,15H2,1-4H3,(H2,23,24,27). The van der Waals surface area contributed by atoms with Crippen molar-refractivity contribution in [1.82, 2.24) is 10.2 Å². The fourth-order valence-corrected chi connectivity index (χ4v) is 2.91. The van der Waals surface area contributed by atoms with E-state index in [-0.39, 0.29) is 5.91 Å². The number of carbonyl (C=O) groups excluding carboxylic acids is 1. The van der Waals surface area contributed by atoms with Crippen LogP contribution in [-0.2, 0) is 6.42 Å². The molecular weight excluding hydrogens is 354 g/mol. The summed E-state index contributed by atoms with van der Waals surface area (Å²) in [5.74, 6) is 0.558. The van der Waals surface area contributed by atoms with E-state index in [0.29, 0.717) is 16.6 Å². The van der Waals surface area contributed by atoms with Crippen LogP contribution in [-0.4, -0.2) is 36.6 Å². The minimum atomic E-state index is -0.0105. The van der Waals surface area contributed by atoms with E-state index in [1.54, 1.807) is 31.1 Å². The van der Waals surface area contributed by atoms with E-state index in [9.17, 15) is 4.79 Å². The van der Waals surface area contributed by atoms with E-state index in [2.05, 4.69) is 48.7 Å². The van der Waals surface area contributed by atoms with Gasteiger partial charge in [-0.05, 0) is 66.4 Å². The molecule has 2 aromatic rings. The van der Waals surface area contributed by atoms with Crippen molar-refractivity contribution in [3.8, 4) is 0 Å². The minimum Gasteiger partial charge on any atom is -0.362 e. The Kier molecular flexibility index (Phi) is 7.80. The zero-order valence-electron chi connectivity index (χ0n) is 16.6. The molecule has 1 amide bonds. The molecule has 0 aliphatic heterocycles. The molecule has 144 valence electrons. The van der Waals surface area contributed by atoms with Gasteiger partial charge in [-0.2, -0.15) is 0 Å². The zero-order chi connectivity index (χ0) is 19.8. The number of nitrogens with one attached hydrogen (secondary N) is 2. The second kappa shape index (κ2) is 10.1. The van der Waals surface area contributed by atoms with Crippen molar-refractivity contribution in [2.24, 2.45) is 0 Å². The fourth-order valence-electron chi connectivity index (χ4n) is 2.69. The molecule has 0 unspecified atom stereocenters. The minimum absolute atomic E-state index is 0.0105. The highest BCUT2D eigenvalue weighted by atomic mass is 32.1. The Bertz CT molecular complexity index is 752. The fraction of sp³-hybridized carbons (Fsp3) is 0.364. The van der Waals surface area contributed by atoms with Crippen LogP contribution in [0.2, 0.25) is 0 Å². The van der Waals surface area contributed by atoms with E-state index in [0.717, 1.165) is 25.1 Å². The molecule has 0 atom stereocenters. The second-order valence-corrected chi connectivity index (χ2v) is 7.57. The van der Waals surface area contributed by atoms with Gasteiger partial charge in [0.1, 0.15) is 0 Å². The zero-order valence-corrected chi connectivity index (χ0v) is 17.4. The van der Waals surface area contributed by atoms with Crippen LogP contribution in [0.15, 0.2) is 48.5 Å². The molecule has 0 heterocycles. The molecule has 2 rings (SSSR count). The predicted octanol–water partition coefficient (Wildman–Crippen LogP) is 4.43. The lowest BCUT2D eigenvalue weighted by Gasteiger charge is -2.13. The molecule has 0 bridgehead atoms. The lowest BCUT2D eigenvalue weighted by molar-refractivity contribution is 0.0827. The molecule has 2 aromatic carbocycles. The van der Waals surface area contributed by atoms with Gasteiger partial charge in [0.05, 0.1) is 0 Å². The van der Waals surface area contributed by atoms with Crippen molar-refractivity contribution in [2.75, 3.05) is 26.0 Å². The third kappa shape index (κ3) is 6.68. The Morgan fingerprint density at radius 3 is 2.22 bits per heavy atom. The van der Waals surface area contributed by atoms with Crippen LogP contribution >= 0.6 is 12.2 Å². The summed E-state index contributed by atoms with van der Waals surface area (Å²) in [5.41, 5.74) is 4.25. The highest BCUT2D eigenvalue weighted by Gasteiger charge is 2.07. The van der Waals surface area contributed by atoms with Gasteiger partial charge in [-0.3, -0.25) is 4.79 Å². The Morgan fingerprint density at radius 1 is 1.04 bits per heavy atom. The molecule has 0 fully saturated rings. The SMILES string of the molecule is CC(C)c1ccc(CCCNC(=S)Nc2ccc(C(=O)N(C)C)cc2)cc1. The molecule has 2 N–H and O–H groups in total. The maximum absolute atomic E-state index is 11.9. The Hall–Kier alpha value is -2.40. The van der Waals surface area contributed by atoms with Crippen molar-refractivity contribution in [2.45, 2.75) is 32.6 Å². The summed E-state index contributed by atoms with van der Waals surface area (Å²) < 4.78 is 0. The van der Waals surface area contributed by atoms with Gasteiger partial charge in [-0.15, -0.1) is 0 Å². The van der Waals surface area contributed by atoms with Gasteiger partial charge in [0.15, 0.2) is 5.11 Å². The summed E-state index contributed by atoms with van der Waals surface area (Å²) in [6.07, 6.45) is 2.04. The van der Waals surface area contributed by atoms with Crippen LogP contribution in [0.25, 0.3) is 0 Å². The molecular formula is C22H29N3OS. The number of thiocarbonyl (C=S) groups is 1. The molecule has 0 aliphatic carbocycles. The van der Waals surface area contributed by atoms with Gasteiger partial charge >= 0.3 is 0 Å². The van der Waals surface area contributed by atoms with E-state index in [1.807, 2.05) is 12.1 Å². The van der Waals surface area contributed by atoms with E-state index < -0.39 is 0 Å². The third-order valence-electron chi connectivity index (χ3n) is 4.37. The van der Waals surface area contributed by atoms with Gasteiger partial charge in [0.25, 0.3) is 5.91 Å². The number of rotatable bonds is 7. The first-order chi connectivity index (χ1) is 12.9. The second-order valence-electron chi connectivity index (χ2n) is 7.16. The first-order valence-electron chi connectivity index (χ1n) is 9.32. The smallest absolute Gasteiger partial charge is 0.253 e. The number of aryl methyl sites for hydroxylation is 1. The average Bonchev–Trinajstić information content (AvgIpc) is 2.65. The van der Waals surface area contributed by atoms with Crippen LogP contribution < -0.4 is 10.6 Å². The Morgan fingerprint density at radius 2 is 1.67 bits per heavy atom. The first-order valence-corrected chi connectivity index (χ1v) is 9.73. The number of amides is 1. The van der Waals surface area contributed by atoms with Crippen LogP contribution in [0.4, 0.5) is 5.69 Å². The topological polar surface area (TPSA) is 44.4 Å². The lowest BCUT2D eigenvalue weighted by atomic mass is 10.0. The summed E-state index contributed by atoms with van der Waals surface area (Å²) >= 11 is 5.34. The maximum atomic E-state index is 11.9. The first kappa shape index (κ1) is 20.9. The van der Waals surface area contributed by atoms with Crippen molar-refractivity contribution in [3.63, 3.8) is 0 Å². The quantitative estimate of drug-likeness (QED) is 0.548. The molecule has 0 saturated heterocycles. The largest absolute Gasteiger partial charge is 0.362 e. The maximum Gasteiger partial charge on any atom is 0.253 e. The molecule has 4 nitrogen and oxygen atoms in total. The van der Waals surface area contributed by atoms with Crippen LogP contribution in [0, 0.1) is 0 Å². The van der Waals surface area contributed by atoms with E-state index in [1.165, 1.54) is 11.1 Å². The van der Waals surface area contributed by atoms with Gasteiger partial charge in [0.2, 0.25) is 0 Å². The highest BCUT2D eigenvalue weighted by Crippen LogP contribution is 2.15. The number of hydrogen-bond acceptors (Lipinski definition) is 2. The normalized spacial score (nSPS) is 10.6. The molecule has 5 heteroatoms. The van der Waals surface area contributed by atoms with Crippen molar-refractivity contribution in [1.29, 1.82) is 0 Å². The van der Waals surface area contributed by atoms with Crippen LogP contribution in [0.5, 0.6) is 0 Å². The summed E-state index contributed by atoms with van der Waals surface area (Å²) in [6.45, 7) is 5.23. The third-order valence-corrected chi connectivity index (χ3v) is 4.62. The van der Waals surface area contributed by atoms with Crippen molar-refractivity contribution in [3.05, 3.63) is 65.2 Å². The number of hydrogen-bond donors (Lipinski definition) is 2. The Labute approximate surface area is 168 Å². The van der Waals surface area contributed by atoms with Gasteiger partial charge < -0.3 is 15.5 Å². The van der Waals surface area contributed by atoms with Gasteiger partial charge in [-0.1, -0.05) is 38.1 Å². The number of nitrogens with zero attached hydrogens (tertiary/aromatic N) is 1. The molecule has 0 aromatic heterocycles. The highest BCUT2D eigenvalue weighted by molar-refractivity contribution is 7.80. The van der Waals surface area contributed by atoms with Gasteiger partial charge in [0, 0.05) is 31.9 Å². The molecule has 0 aliphatic rings. The summed E-state index contributed by atoms with van der Waals surface area (Å²) in [7, 11) is 3.48.